The number of allylic oxidation sites excluding steroid dienone is 1. The Labute approximate surface area is 274 Å². The van der Waals surface area contributed by atoms with Gasteiger partial charge in [0.05, 0.1) is 17.5 Å². The third-order valence-corrected chi connectivity index (χ3v) is 10.1. The normalized spacial score (nSPS) is 30.3. The molecule has 2 aromatic rings. The molecule has 3 fully saturated rings. The number of hydrogen-bond acceptors (Lipinski definition) is 7. The van der Waals surface area contributed by atoms with Gasteiger partial charge in [0, 0.05) is 54.9 Å². The number of hydrogen-bond donors (Lipinski definition) is 2. The molecule has 47 heavy (non-hydrogen) atoms. The summed E-state index contributed by atoms with van der Waals surface area (Å²) >= 11 is 0. The van der Waals surface area contributed by atoms with E-state index in [1.807, 2.05) is 42.5 Å². The van der Waals surface area contributed by atoms with Gasteiger partial charge in [-0.2, -0.15) is 0 Å². The summed E-state index contributed by atoms with van der Waals surface area (Å²) in [6, 6.07) is 8.38. The number of fused-ring (bicyclic) bond motifs is 5. The molecular formula is C36H44N4O7. The van der Waals surface area contributed by atoms with E-state index in [-0.39, 0.29) is 49.6 Å². The van der Waals surface area contributed by atoms with Crippen molar-refractivity contribution in [2.75, 3.05) is 19.6 Å². The predicted molar refractivity (Wildman–Crippen MR) is 173 cm³/mol. The van der Waals surface area contributed by atoms with E-state index >= 15 is 0 Å². The standard InChI is InChI=1S/C36H44N4O7/c1-35(2,3)47-29(41)16-23-12-7-5-4-6-8-13-26-17-36(26,34(45)46)38-31(42)30-27-21-39(19-25(27)20-40(30)33(23)44)32(43)24-15-22-11-9-10-14-28(22)37-18-24/h8-11,13-15,18,23,25-27,30H,4-7,12,16-17,19-21H2,1-3H3,(H,38,42)(H,45,46)/b13-8-/t23-,25-,26+,27-,30-,36+/m0/s1. The van der Waals surface area contributed by atoms with E-state index in [0.29, 0.717) is 18.5 Å². The Morgan fingerprint density at radius 3 is 2.64 bits per heavy atom. The highest BCUT2D eigenvalue weighted by atomic mass is 16.6. The summed E-state index contributed by atoms with van der Waals surface area (Å²) in [5.41, 5.74) is -0.911. The molecule has 2 N–H and O–H groups in total. The minimum atomic E-state index is -1.43. The van der Waals surface area contributed by atoms with E-state index < -0.39 is 46.9 Å². The number of carbonyl (C=O) groups is 5. The van der Waals surface area contributed by atoms with E-state index in [1.165, 1.54) is 0 Å². The average Bonchev–Trinajstić information content (AvgIpc) is 3.37. The molecule has 0 spiro atoms. The molecule has 2 saturated heterocycles. The summed E-state index contributed by atoms with van der Waals surface area (Å²) in [5.74, 6) is -4.21. The second-order valence-corrected chi connectivity index (χ2v) is 14.6. The number of amides is 3. The first-order chi connectivity index (χ1) is 22.4. The molecule has 3 aliphatic heterocycles. The van der Waals surface area contributed by atoms with Gasteiger partial charge in [-0.05, 0) is 58.6 Å². The smallest absolute Gasteiger partial charge is 0.330 e. The minimum absolute atomic E-state index is 0.100. The van der Waals surface area contributed by atoms with Crippen LogP contribution in [-0.4, -0.2) is 86.4 Å². The number of likely N-dealkylation sites (tertiary alicyclic amines) is 1. The highest BCUT2D eigenvalue weighted by Crippen LogP contribution is 2.46. The number of para-hydroxylation sites is 1. The van der Waals surface area contributed by atoms with Crippen LogP contribution in [0.5, 0.6) is 0 Å². The predicted octanol–water partition coefficient (Wildman–Crippen LogP) is 3.96. The molecule has 6 atom stereocenters. The van der Waals surface area contributed by atoms with Gasteiger partial charge in [-0.1, -0.05) is 43.2 Å². The van der Waals surface area contributed by atoms with Gasteiger partial charge in [0.1, 0.15) is 17.2 Å². The maximum absolute atomic E-state index is 14.3. The highest BCUT2D eigenvalue weighted by Gasteiger charge is 2.62. The van der Waals surface area contributed by atoms with Crippen LogP contribution in [0.15, 0.2) is 48.7 Å². The lowest BCUT2D eigenvalue weighted by Crippen LogP contribution is -2.56. The average molecular weight is 645 g/mol. The number of aliphatic carboxylic acids is 1. The van der Waals surface area contributed by atoms with E-state index in [0.717, 1.165) is 36.6 Å². The molecule has 0 radical (unpaired) electrons. The Hall–Kier alpha value is -4.28. The third-order valence-electron chi connectivity index (χ3n) is 10.1. The molecule has 4 aliphatic rings. The molecule has 1 aromatic carbocycles. The van der Waals surface area contributed by atoms with Crippen molar-refractivity contribution >= 4 is 40.6 Å². The van der Waals surface area contributed by atoms with Crippen molar-refractivity contribution < 1.29 is 33.8 Å². The van der Waals surface area contributed by atoms with Gasteiger partial charge < -0.3 is 25.0 Å². The van der Waals surface area contributed by atoms with Crippen LogP contribution in [0.1, 0.15) is 76.1 Å². The molecule has 250 valence electrons. The Morgan fingerprint density at radius 2 is 1.87 bits per heavy atom. The topological polar surface area (TPSA) is 146 Å². The van der Waals surface area contributed by atoms with Crippen LogP contribution in [-0.2, 0) is 23.9 Å². The lowest BCUT2D eigenvalue weighted by molar-refractivity contribution is -0.159. The van der Waals surface area contributed by atoms with Crippen molar-refractivity contribution in [3.63, 3.8) is 0 Å². The molecule has 4 heterocycles. The molecule has 1 saturated carbocycles. The minimum Gasteiger partial charge on any atom is -0.479 e. The van der Waals surface area contributed by atoms with Crippen LogP contribution < -0.4 is 5.32 Å². The summed E-state index contributed by atoms with van der Waals surface area (Å²) in [5, 5.41) is 13.9. The number of nitrogens with one attached hydrogen (secondary N) is 1. The largest absolute Gasteiger partial charge is 0.479 e. The maximum atomic E-state index is 14.3. The summed E-state index contributed by atoms with van der Waals surface area (Å²) in [7, 11) is 0. The van der Waals surface area contributed by atoms with Crippen LogP contribution in [0.4, 0.5) is 0 Å². The lowest BCUT2D eigenvalue weighted by Gasteiger charge is -2.32. The number of carbonyl (C=O) groups excluding carboxylic acids is 4. The first kappa shape index (κ1) is 32.7. The highest BCUT2D eigenvalue weighted by molar-refractivity contribution is 5.98. The SMILES string of the molecule is CC(C)(C)OC(=O)C[C@@H]1CCCCC/C=C\[C@@H]2C[C@@]2(C(=O)O)NC(=O)[C@@H]2[C@H]3CN(C(=O)c4cnc5ccccc5c4)C[C@H]3CN2C1=O. The monoisotopic (exact) mass is 644 g/mol. The number of benzene rings is 1. The van der Waals surface area contributed by atoms with Crippen molar-refractivity contribution in [2.24, 2.45) is 23.7 Å². The number of aromatic nitrogens is 1. The number of carboxylic acid groups (broad SMARTS) is 1. The number of pyridine rings is 1. The van der Waals surface area contributed by atoms with E-state index in [9.17, 15) is 29.1 Å². The van der Waals surface area contributed by atoms with Crippen molar-refractivity contribution in [3.8, 4) is 0 Å². The van der Waals surface area contributed by atoms with Gasteiger partial charge >= 0.3 is 11.9 Å². The Bertz CT molecular complexity index is 1620. The number of carboxylic acids is 1. The molecule has 3 amide bonds. The number of rotatable bonds is 4. The van der Waals surface area contributed by atoms with Crippen LogP contribution in [0.3, 0.4) is 0 Å². The van der Waals surface area contributed by atoms with Crippen LogP contribution in [0.25, 0.3) is 10.9 Å². The molecular weight excluding hydrogens is 600 g/mol. The Balaban J connectivity index is 1.28. The summed E-state index contributed by atoms with van der Waals surface area (Å²) in [6.45, 7) is 6.15. The molecule has 1 aliphatic carbocycles. The summed E-state index contributed by atoms with van der Waals surface area (Å²) in [4.78, 5) is 75.3. The van der Waals surface area contributed by atoms with Gasteiger partial charge in [0.25, 0.3) is 5.91 Å². The van der Waals surface area contributed by atoms with Gasteiger partial charge in [-0.3, -0.25) is 24.2 Å². The summed E-state index contributed by atoms with van der Waals surface area (Å²) in [6.07, 6.45) is 9.29. The second kappa shape index (κ2) is 12.7. The maximum Gasteiger partial charge on any atom is 0.330 e. The quantitative estimate of drug-likeness (QED) is 0.376. The van der Waals surface area contributed by atoms with Gasteiger partial charge in [0.15, 0.2) is 0 Å². The fourth-order valence-electron chi connectivity index (χ4n) is 7.62. The first-order valence-electron chi connectivity index (χ1n) is 16.7. The lowest BCUT2D eigenvalue weighted by atomic mass is 9.92. The first-order valence-corrected chi connectivity index (χ1v) is 16.7. The van der Waals surface area contributed by atoms with Crippen molar-refractivity contribution in [1.82, 2.24) is 20.1 Å². The fourth-order valence-corrected chi connectivity index (χ4v) is 7.62. The van der Waals surface area contributed by atoms with Gasteiger partial charge in [-0.15, -0.1) is 0 Å². The van der Waals surface area contributed by atoms with E-state index in [2.05, 4.69) is 10.3 Å². The molecule has 0 bridgehead atoms. The van der Waals surface area contributed by atoms with Gasteiger partial charge in [0.2, 0.25) is 11.8 Å². The van der Waals surface area contributed by atoms with Crippen LogP contribution in [0, 0.1) is 23.7 Å². The zero-order valence-electron chi connectivity index (χ0n) is 27.3. The zero-order chi connectivity index (χ0) is 33.5. The fraction of sp³-hybridized carbons (Fsp3) is 0.556. The third kappa shape index (κ3) is 6.75. The zero-order valence-corrected chi connectivity index (χ0v) is 27.3. The Kier molecular flexibility index (Phi) is 8.84. The van der Waals surface area contributed by atoms with Crippen LogP contribution in [0.2, 0.25) is 0 Å². The number of nitrogens with zero attached hydrogens (tertiary/aromatic N) is 3. The Morgan fingerprint density at radius 1 is 1.09 bits per heavy atom. The molecule has 11 heteroatoms. The van der Waals surface area contributed by atoms with Crippen molar-refractivity contribution in [2.45, 2.75) is 82.9 Å². The molecule has 11 nitrogen and oxygen atoms in total. The van der Waals surface area contributed by atoms with Gasteiger partial charge in [-0.25, -0.2) is 4.79 Å². The van der Waals surface area contributed by atoms with E-state index in [1.54, 1.807) is 36.8 Å². The second-order valence-electron chi connectivity index (χ2n) is 14.6. The van der Waals surface area contributed by atoms with E-state index in [4.69, 9.17) is 4.74 Å². The number of esters is 1. The molecule has 1 aromatic heterocycles. The van der Waals surface area contributed by atoms with Crippen molar-refractivity contribution in [1.29, 1.82) is 0 Å². The molecule has 0 unspecified atom stereocenters. The van der Waals surface area contributed by atoms with Crippen LogP contribution >= 0.6 is 0 Å². The van der Waals surface area contributed by atoms with Crippen molar-refractivity contribution in [3.05, 3.63) is 54.2 Å². The summed E-state index contributed by atoms with van der Waals surface area (Å²) < 4.78 is 5.58. The molecule has 6 rings (SSSR count). The number of ether oxygens (including phenoxy) is 1.